The molecule has 0 aromatic heterocycles. The van der Waals surface area contributed by atoms with E-state index in [-0.39, 0.29) is 35.1 Å². The van der Waals surface area contributed by atoms with Crippen molar-refractivity contribution in [3.8, 4) is 0 Å². The zero-order chi connectivity index (χ0) is 21.5. The van der Waals surface area contributed by atoms with Crippen molar-refractivity contribution in [2.24, 2.45) is 10.7 Å². The Kier molecular flexibility index (Phi) is 5.21. The van der Waals surface area contributed by atoms with Crippen LogP contribution in [0.1, 0.15) is 31.2 Å². The molecule has 3 N–H and O–H groups in total. The quantitative estimate of drug-likeness (QED) is 0.691. The fourth-order valence-corrected chi connectivity index (χ4v) is 5.10. The molecule has 162 valence electrons. The third-order valence-electron chi connectivity index (χ3n) is 6.25. The van der Waals surface area contributed by atoms with Crippen molar-refractivity contribution in [1.29, 1.82) is 0 Å². The summed E-state index contributed by atoms with van der Waals surface area (Å²) in [5, 5.41) is 3.23. The fraction of sp³-hybridized carbons (Fsp3) is 0.550. The Bertz CT molecular complexity index is 1010. The Labute approximate surface area is 176 Å². The number of guanidine groups is 1. The highest BCUT2D eigenvalue weighted by molar-refractivity contribution is 7.90. The lowest BCUT2D eigenvalue weighted by Gasteiger charge is -2.39. The summed E-state index contributed by atoms with van der Waals surface area (Å²) >= 11 is 0. The topological polar surface area (TPSA) is 125 Å². The predicted molar refractivity (Wildman–Crippen MR) is 113 cm³/mol. The van der Waals surface area contributed by atoms with Crippen LogP contribution in [0.3, 0.4) is 0 Å². The van der Waals surface area contributed by atoms with Gasteiger partial charge in [0.1, 0.15) is 0 Å². The Morgan fingerprint density at radius 3 is 2.50 bits per heavy atom. The van der Waals surface area contributed by atoms with Gasteiger partial charge < -0.3 is 20.9 Å². The second-order valence-corrected chi connectivity index (χ2v) is 10.4. The van der Waals surface area contributed by atoms with Crippen molar-refractivity contribution in [2.75, 3.05) is 37.3 Å². The number of carbonyl (C=O) groups is 2. The molecule has 3 heterocycles. The van der Waals surface area contributed by atoms with Crippen LogP contribution >= 0.6 is 0 Å². The number of piperidine rings is 1. The highest BCUT2D eigenvalue weighted by Gasteiger charge is 2.39. The van der Waals surface area contributed by atoms with Crippen LogP contribution in [0.25, 0.3) is 0 Å². The maximum absolute atomic E-state index is 12.7. The van der Waals surface area contributed by atoms with Gasteiger partial charge in [-0.15, -0.1) is 0 Å². The number of nitrogens with two attached hydrogens (primary N) is 1. The van der Waals surface area contributed by atoms with Gasteiger partial charge >= 0.3 is 0 Å². The van der Waals surface area contributed by atoms with Crippen molar-refractivity contribution in [3.05, 3.63) is 23.8 Å². The SMILES string of the molecule is CS(=O)(=O)c1ccc2c(c1)CCN2C(=O)CCC(=O)N1CCC2(CC1)CN=C(N)N2. The van der Waals surface area contributed by atoms with E-state index in [0.29, 0.717) is 38.6 Å². The largest absolute Gasteiger partial charge is 0.370 e. The summed E-state index contributed by atoms with van der Waals surface area (Å²) in [5.74, 6) is 0.341. The minimum Gasteiger partial charge on any atom is -0.370 e. The summed E-state index contributed by atoms with van der Waals surface area (Å²) in [7, 11) is -3.28. The summed E-state index contributed by atoms with van der Waals surface area (Å²) in [6.45, 7) is 2.41. The molecule has 10 heteroatoms. The second kappa shape index (κ2) is 7.57. The van der Waals surface area contributed by atoms with Crippen molar-refractivity contribution < 1.29 is 18.0 Å². The second-order valence-electron chi connectivity index (χ2n) is 8.35. The van der Waals surface area contributed by atoms with E-state index in [2.05, 4.69) is 10.3 Å². The van der Waals surface area contributed by atoms with Crippen molar-refractivity contribution in [2.45, 2.75) is 42.5 Å². The van der Waals surface area contributed by atoms with Crippen LogP contribution in [-0.2, 0) is 25.8 Å². The molecule has 1 aromatic carbocycles. The molecule has 1 aromatic rings. The first kappa shape index (κ1) is 20.6. The van der Waals surface area contributed by atoms with Crippen molar-refractivity contribution >= 4 is 33.3 Å². The van der Waals surface area contributed by atoms with Crippen LogP contribution in [0.4, 0.5) is 5.69 Å². The van der Waals surface area contributed by atoms with Gasteiger partial charge in [-0.3, -0.25) is 14.6 Å². The van der Waals surface area contributed by atoms with Gasteiger partial charge in [-0.2, -0.15) is 0 Å². The average Bonchev–Trinajstić information content (AvgIpc) is 3.29. The van der Waals surface area contributed by atoms with E-state index < -0.39 is 9.84 Å². The molecule has 0 bridgehead atoms. The summed E-state index contributed by atoms with van der Waals surface area (Å²) in [6.07, 6.45) is 3.68. The molecule has 30 heavy (non-hydrogen) atoms. The maximum Gasteiger partial charge on any atom is 0.227 e. The minimum atomic E-state index is -3.28. The number of benzene rings is 1. The maximum atomic E-state index is 12.7. The molecule has 0 unspecified atom stereocenters. The lowest BCUT2D eigenvalue weighted by molar-refractivity contribution is -0.134. The number of aliphatic imine (C=N–C) groups is 1. The van der Waals surface area contributed by atoms with Crippen LogP contribution in [0.2, 0.25) is 0 Å². The number of amides is 2. The van der Waals surface area contributed by atoms with Gasteiger partial charge in [-0.05, 0) is 43.0 Å². The lowest BCUT2D eigenvalue weighted by atomic mass is 9.88. The Morgan fingerprint density at radius 1 is 1.17 bits per heavy atom. The zero-order valence-corrected chi connectivity index (χ0v) is 17.9. The zero-order valence-electron chi connectivity index (χ0n) is 17.1. The van der Waals surface area contributed by atoms with E-state index in [1.807, 2.05) is 4.90 Å². The molecule has 0 atom stereocenters. The number of nitrogens with zero attached hydrogens (tertiary/aromatic N) is 3. The first-order valence-electron chi connectivity index (χ1n) is 10.2. The van der Waals surface area contributed by atoms with Gasteiger partial charge in [0.05, 0.1) is 17.0 Å². The van der Waals surface area contributed by atoms with Gasteiger partial charge in [0.2, 0.25) is 11.8 Å². The van der Waals surface area contributed by atoms with Gasteiger partial charge in [0.25, 0.3) is 0 Å². The summed E-state index contributed by atoms with van der Waals surface area (Å²) in [6, 6.07) is 4.85. The highest BCUT2D eigenvalue weighted by Crippen LogP contribution is 2.31. The van der Waals surface area contributed by atoms with Gasteiger partial charge in [-0.1, -0.05) is 0 Å². The number of rotatable bonds is 4. The first-order valence-corrected chi connectivity index (χ1v) is 12.1. The molecule has 3 aliphatic heterocycles. The van der Waals surface area contributed by atoms with E-state index in [0.717, 1.165) is 24.1 Å². The van der Waals surface area contributed by atoms with E-state index >= 15 is 0 Å². The van der Waals surface area contributed by atoms with Crippen LogP contribution in [0.15, 0.2) is 28.1 Å². The van der Waals surface area contributed by atoms with Gasteiger partial charge in [-0.25, -0.2) is 8.42 Å². The number of anilines is 1. The molecule has 3 aliphatic rings. The predicted octanol–water partition coefficient (Wildman–Crippen LogP) is 0.0385. The number of sulfone groups is 1. The molecule has 1 saturated heterocycles. The first-order chi connectivity index (χ1) is 14.2. The molecule has 2 amide bonds. The van der Waals surface area contributed by atoms with E-state index in [9.17, 15) is 18.0 Å². The Hall–Kier alpha value is -2.62. The number of likely N-dealkylation sites (tertiary alicyclic amines) is 1. The van der Waals surface area contributed by atoms with Crippen LogP contribution in [0.5, 0.6) is 0 Å². The average molecular weight is 434 g/mol. The number of hydrogen-bond donors (Lipinski definition) is 2. The van der Waals surface area contributed by atoms with Crippen molar-refractivity contribution in [1.82, 2.24) is 10.2 Å². The van der Waals surface area contributed by atoms with E-state index in [4.69, 9.17) is 5.73 Å². The minimum absolute atomic E-state index is 0.0167. The standard InChI is InChI=1S/C20H27N5O4S/c1-30(28,29)15-2-3-16-14(12-15)6-9-25(16)18(27)5-4-17(26)24-10-7-20(8-11-24)13-22-19(21)23-20/h2-3,12H,4-11,13H2,1H3,(H3,21,22,23). The van der Waals surface area contributed by atoms with Crippen LogP contribution in [0, 0.1) is 0 Å². The fourth-order valence-electron chi connectivity index (χ4n) is 4.43. The molecule has 0 saturated carbocycles. The molecule has 1 spiro atoms. The monoisotopic (exact) mass is 433 g/mol. The number of nitrogens with one attached hydrogen (secondary N) is 1. The number of hydrogen-bond acceptors (Lipinski definition) is 7. The van der Waals surface area contributed by atoms with Crippen molar-refractivity contribution in [3.63, 3.8) is 0 Å². The Morgan fingerprint density at radius 2 is 1.87 bits per heavy atom. The van der Waals surface area contributed by atoms with Gasteiger partial charge in [0.15, 0.2) is 15.8 Å². The lowest BCUT2D eigenvalue weighted by Crippen LogP contribution is -2.55. The van der Waals surface area contributed by atoms with Crippen LogP contribution in [-0.4, -0.2) is 69.1 Å². The Balaban J connectivity index is 1.30. The number of carbonyl (C=O) groups excluding carboxylic acids is 2. The number of fused-ring (bicyclic) bond motifs is 1. The molecule has 9 nitrogen and oxygen atoms in total. The molecule has 4 rings (SSSR count). The summed E-state index contributed by atoms with van der Waals surface area (Å²) in [4.78, 5) is 33.3. The summed E-state index contributed by atoms with van der Waals surface area (Å²) < 4.78 is 23.5. The normalized spacial score (nSPS) is 20.1. The molecular formula is C20H27N5O4S. The molecule has 1 fully saturated rings. The summed E-state index contributed by atoms with van der Waals surface area (Å²) in [5.41, 5.74) is 7.19. The third kappa shape index (κ3) is 4.00. The van der Waals surface area contributed by atoms with Crippen LogP contribution < -0.4 is 16.0 Å². The third-order valence-corrected chi connectivity index (χ3v) is 7.36. The smallest absolute Gasteiger partial charge is 0.227 e. The molecule has 0 radical (unpaired) electrons. The van der Waals surface area contributed by atoms with E-state index in [1.165, 1.54) is 12.3 Å². The van der Waals surface area contributed by atoms with Gasteiger partial charge in [0, 0.05) is 44.4 Å². The molecule has 0 aliphatic carbocycles. The van der Waals surface area contributed by atoms with E-state index in [1.54, 1.807) is 17.0 Å². The molecular weight excluding hydrogens is 406 g/mol. The highest BCUT2D eigenvalue weighted by atomic mass is 32.2.